The number of benzene rings is 1. The number of carbonyl (C=O) groups excluding carboxylic acids is 1. The molecular formula is C13H15ClN2O4S. The van der Waals surface area contributed by atoms with Crippen LogP contribution in [0, 0.1) is 0 Å². The summed E-state index contributed by atoms with van der Waals surface area (Å²) in [7, 11) is -3.78. The Hall–Kier alpha value is -1.15. The van der Waals surface area contributed by atoms with Gasteiger partial charge >= 0.3 is 0 Å². The second-order valence-electron chi connectivity index (χ2n) is 5.75. The van der Waals surface area contributed by atoms with Crippen LogP contribution in [0.15, 0.2) is 17.0 Å². The molecule has 0 radical (unpaired) electrons. The number of hydrogen-bond donors (Lipinski definition) is 2. The van der Waals surface area contributed by atoms with Crippen LogP contribution in [0.3, 0.4) is 0 Å². The Labute approximate surface area is 127 Å². The number of fused-ring (bicyclic) bond motifs is 1. The molecule has 0 saturated carbocycles. The number of sulfonamides is 1. The van der Waals surface area contributed by atoms with Gasteiger partial charge < -0.3 is 10.4 Å². The smallest absolute Gasteiger partial charge is 0.244 e. The number of nitrogens with zero attached hydrogens (tertiary/aromatic N) is 1. The van der Waals surface area contributed by atoms with E-state index in [2.05, 4.69) is 5.32 Å². The van der Waals surface area contributed by atoms with Crippen molar-refractivity contribution in [3.8, 4) is 0 Å². The Morgan fingerprint density at radius 1 is 1.43 bits per heavy atom. The van der Waals surface area contributed by atoms with E-state index in [1.807, 2.05) is 0 Å². The fourth-order valence-corrected chi connectivity index (χ4v) is 4.78. The van der Waals surface area contributed by atoms with Gasteiger partial charge in [-0.2, -0.15) is 4.31 Å². The minimum atomic E-state index is -3.78. The second-order valence-corrected chi connectivity index (χ2v) is 8.06. The summed E-state index contributed by atoms with van der Waals surface area (Å²) in [4.78, 5) is 11.3. The van der Waals surface area contributed by atoms with Gasteiger partial charge in [-0.05, 0) is 31.0 Å². The summed E-state index contributed by atoms with van der Waals surface area (Å²) < 4.78 is 26.5. The third-order valence-corrected chi connectivity index (χ3v) is 6.13. The summed E-state index contributed by atoms with van der Waals surface area (Å²) in [5.74, 6) is -0.181. The van der Waals surface area contributed by atoms with Gasteiger partial charge in [-0.25, -0.2) is 8.42 Å². The van der Waals surface area contributed by atoms with E-state index in [1.165, 1.54) is 16.4 Å². The van der Waals surface area contributed by atoms with Gasteiger partial charge in [-0.1, -0.05) is 11.6 Å². The molecule has 8 heteroatoms. The lowest BCUT2D eigenvalue weighted by atomic mass is 10.1. The predicted molar refractivity (Wildman–Crippen MR) is 77.8 cm³/mol. The van der Waals surface area contributed by atoms with Crippen molar-refractivity contribution in [2.24, 2.45) is 0 Å². The van der Waals surface area contributed by atoms with Crippen LogP contribution in [0.2, 0.25) is 5.02 Å². The quantitative estimate of drug-likeness (QED) is 0.846. The molecule has 1 aromatic carbocycles. The zero-order valence-electron chi connectivity index (χ0n) is 11.4. The average Bonchev–Trinajstić information content (AvgIpc) is 2.89. The van der Waals surface area contributed by atoms with Gasteiger partial charge in [0.2, 0.25) is 15.9 Å². The molecule has 1 saturated heterocycles. The molecule has 1 atom stereocenters. The van der Waals surface area contributed by atoms with Crippen molar-refractivity contribution in [1.29, 1.82) is 0 Å². The van der Waals surface area contributed by atoms with Gasteiger partial charge in [0.15, 0.2) is 0 Å². The number of carbonyl (C=O) groups is 1. The van der Waals surface area contributed by atoms with Crippen LogP contribution in [0.4, 0.5) is 5.69 Å². The largest absolute Gasteiger partial charge is 0.389 e. The van der Waals surface area contributed by atoms with Crippen LogP contribution in [0.1, 0.15) is 18.9 Å². The SMILES string of the molecule is CC1(O)CCN(S(=O)(=O)c2cc3c(cc2Cl)NC(=O)C3)C1. The lowest BCUT2D eigenvalue weighted by Gasteiger charge is -2.20. The van der Waals surface area contributed by atoms with E-state index < -0.39 is 15.6 Å². The number of hydrogen-bond acceptors (Lipinski definition) is 4. The molecule has 2 heterocycles. The number of anilines is 1. The lowest BCUT2D eigenvalue weighted by Crippen LogP contribution is -2.34. The molecule has 1 aromatic rings. The fraction of sp³-hybridized carbons (Fsp3) is 0.462. The summed E-state index contributed by atoms with van der Waals surface area (Å²) >= 11 is 6.07. The van der Waals surface area contributed by atoms with Gasteiger partial charge in [0.25, 0.3) is 0 Å². The molecule has 2 aliphatic rings. The van der Waals surface area contributed by atoms with Gasteiger partial charge in [-0.15, -0.1) is 0 Å². The molecule has 1 amide bonds. The Morgan fingerprint density at radius 3 is 2.76 bits per heavy atom. The topological polar surface area (TPSA) is 86.7 Å². The highest BCUT2D eigenvalue weighted by Crippen LogP contribution is 2.35. The minimum absolute atomic E-state index is 0.0166. The molecule has 0 spiro atoms. The average molecular weight is 331 g/mol. The predicted octanol–water partition coefficient (Wildman–Crippen LogP) is 0.980. The summed E-state index contributed by atoms with van der Waals surface area (Å²) in [6.07, 6.45) is 0.529. The third kappa shape index (κ3) is 2.55. The van der Waals surface area contributed by atoms with Crippen LogP contribution < -0.4 is 5.32 Å². The van der Waals surface area contributed by atoms with Crippen LogP contribution in [0.5, 0.6) is 0 Å². The molecule has 0 bridgehead atoms. The Balaban J connectivity index is 2.01. The van der Waals surface area contributed by atoms with Crippen molar-refractivity contribution in [2.45, 2.75) is 30.3 Å². The molecule has 1 unspecified atom stereocenters. The number of β-amino-alcohol motifs (C(OH)–C–C–N with tert-alkyl or cyclic N) is 1. The summed E-state index contributed by atoms with van der Waals surface area (Å²) in [6.45, 7) is 1.90. The highest BCUT2D eigenvalue weighted by molar-refractivity contribution is 7.89. The van der Waals surface area contributed by atoms with Crippen LogP contribution in [-0.2, 0) is 21.2 Å². The summed E-state index contributed by atoms with van der Waals surface area (Å²) in [5, 5.41) is 12.6. The number of aliphatic hydroxyl groups is 1. The van der Waals surface area contributed by atoms with Gasteiger partial charge in [0.1, 0.15) is 4.90 Å². The lowest BCUT2D eigenvalue weighted by molar-refractivity contribution is -0.115. The Kier molecular flexibility index (Phi) is 3.29. The first-order valence-corrected chi connectivity index (χ1v) is 8.36. The minimum Gasteiger partial charge on any atom is -0.389 e. The van der Waals surface area contributed by atoms with Gasteiger partial charge in [0.05, 0.1) is 17.0 Å². The van der Waals surface area contributed by atoms with E-state index >= 15 is 0 Å². The number of halogens is 1. The molecule has 6 nitrogen and oxygen atoms in total. The molecule has 2 aliphatic heterocycles. The number of amides is 1. The van der Waals surface area contributed by atoms with Crippen molar-refractivity contribution in [1.82, 2.24) is 4.31 Å². The normalized spacial score (nSPS) is 26.0. The van der Waals surface area contributed by atoms with E-state index in [4.69, 9.17) is 11.6 Å². The van der Waals surface area contributed by atoms with Crippen molar-refractivity contribution in [2.75, 3.05) is 18.4 Å². The van der Waals surface area contributed by atoms with Crippen molar-refractivity contribution >= 4 is 33.2 Å². The highest BCUT2D eigenvalue weighted by Gasteiger charge is 2.39. The van der Waals surface area contributed by atoms with Crippen molar-refractivity contribution < 1.29 is 18.3 Å². The molecule has 0 aliphatic carbocycles. The molecule has 3 rings (SSSR count). The summed E-state index contributed by atoms with van der Waals surface area (Å²) in [5.41, 5.74) is 0.152. The molecular weight excluding hydrogens is 316 g/mol. The third-order valence-electron chi connectivity index (χ3n) is 3.82. The molecule has 1 fully saturated rings. The van der Waals surface area contributed by atoms with Crippen LogP contribution >= 0.6 is 11.6 Å². The standard InChI is InChI=1S/C13H15ClN2O4S/c1-13(18)2-3-16(7-13)21(19,20)11-4-8-5-12(17)15-10(8)6-9(11)14/h4,6,18H,2-3,5,7H2,1H3,(H,15,17). The zero-order chi connectivity index (χ0) is 15.4. The first-order valence-electron chi connectivity index (χ1n) is 6.54. The first kappa shape index (κ1) is 14.8. The Morgan fingerprint density at radius 2 is 2.14 bits per heavy atom. The van der Waals surface area contributed by atoms with Gasteiger partial charge in [-0.3, -0.25) is 4.79 Å². The number of nitrogens with one attached hydrogen (secondary N) is 1. The second kappa shape index (κ2) is 4.67. The van der Waals surface area contributed by atoms with Crippen LogP contribution in [-0.4, -0.2) is 42.4 Å². The first-order chi connectivity index (χ1) is 9.69. The van der Waals surface area contributed by atoms with E-state index in [0.29, 0.717) is 17.7 Å². The van der Waals surface area contributed by atoms with Crippen molar-refractivity contribution in [3.63, 3.8) is 0 Å². The fourth-order valence-electron chi connectivity index (χ4n) is 2.67. The maximum absolute atomic E-state index is 12.6. The maximum atomic E-state index is 12.6. The number of rotatable bonds is 2. The monoisotopic (exact) mass is 330 g/mol. The highest BCUT2D eigenvalue weighted by atomic mass is 35.5. The zero-order valence-corrected chi connectivity index (χ0v) is 13.0. The van der Waals surface area contributed by atoms with E-state index in [-0.39, 0.29) is 35.3 Å². The molecule has 114 valence electrons. The van der Waals surface area contributed by atoms with Crippen molar-refractivity contribution in [3.05, 3.63) is 22.7 Å². The Bertz CT molecular complexity index is 730. The molecule has 2 N–H and O–H groups in total. The van der Waals surface area contributed by atoms with Crippen LogP contribution in [0.25, 0.3) is 0 Å². The molecule has 0 aromatic heterocycles. The molecule has 21 heavy (non-hydrogen) atoms. The summed E-state index contributed by atoms with van der Waals surface area (Å²) in [6, 6.07) is 2.90. The van der Waals surface area contributed by atoms with E-state index in [0.717, 1.165) is 0 Å². The maximum Gasteiger partial charge on any atom is 0.244 e. The van der Waals surface area contributed by atoms with Gasteiger partial charge in [0, 0.05) is 18.8 Å². The van der Waals surface area contributed by atoms with E-state index in [9.17, 15) is 18.3 Å². The van der Waals surface area contributed by atoms with E-state index in [1.54, 1.807) is 6.92 Å².